The van der Waals surface area contributed by atoms with Gasteiger partial charge in [-0.25, -0.2) is 4.79 Å². The first-order valence-corrected chi connectivity index (χ1v) is 12.0. The van der Waals surface area contributed by atoms with Gasteiger partial charge < -0.3 is 19.1 Å². The smallest absolute Gasteiger partial charge is 0.415 e. The zero-order chi connectivity index (χ0) is 23.5. The summed E-state index contributed by atoms with van der Waals surface area (Å²) in [5, 5.41) is 0.432. The van der Waals surface area contributed by atoms with Gasteiger partial charge in [-0.3, -0.25) is 0 Å². The molecular formula is C28H28ClNO4. The molecule has 3 aromatic carbocycles. The van der Waals surface area contributed by atoms with Crippen molar-refractivity contribution >= 4 is 17.7 Å². The quantitative estimate of drug-likeness (QED) is 0.429. The van der Waals surface area contributed by atoms with Gasteiger partial charge in [-0.05, 0) is 59.4 Å². The van der Waals surface area contributed by atoms with Crippen molar-refractivity contribution in [2.75, 3.05) is 20.2 Å². The Bertz CT molecular complexity index is 1170. The number of ether oxygens (including phenoxy) is 3. The van der Waals surface area contributed by atoms with Crippen LogP contribution in [0.4, 0.5) is 4.79 Å². The molecule has 1 saturated heterocycles. The molecular weight excluding hydrogens is 450 g/mol. The third-order valence-corrected chi connectivity index (χ3v) is 7.11. The lowest BCUT2D eigenvalue weighted by atomic mass is 9.82. The molecule has 2 aliphatic rings. The summed E-state index contributed by atoms with van der Waals surface area (Å²) in [7, 11) is 1.71. The summed E-state index contributed by atoms with van der Waals surface area (Å²) < 4.78 is 17.3. The van der Waals surface area contributed by atoms with Gasteiger partial charge in [0.2, 0.25) is 0 Å². The lowest BCUT2D eigenvalue weighted by Crippen LogP contribution is -2.51. The molecule has 6 heteroatoms. The highest BCUT2D eigenvalue weighted by atomic mass is 35.5. The number of hydrogen-bond donors (Lipinski definition) is 0. The number of aryl methyl sites for hydroxylation is 1. The van der Waals surface area contributed by atoms with Gasteiger partial charge in [0.05, 0.1) is 11.6 Å². The number of nitrogens with zero attached hydrogens (tertiary/aromatic N) is 1. The molecule has 1 amide bonds. The number of carbonyl (C=O) groups excluding carboxylic acids is 1. The minimum absolute atomic E-state index is 0.225. The molecule has 1 spiro atoms. The van der Waals surface area contributed by atoms with Crippen LogP contribution in [0.25, 0.3) is 11.1 Å². The molecule has 3 aromatic rings. The highest BCUT2D eigenvalue weighted by molar-refractivity contribution is 6.32. The molecule has 2 aliphatic heterocycles. The lowest BCUT2D eigenvalue weighted by molar-refractivity contribution is -0.00947. The highest BCUT2D eigenvalue weighted by Crippen LogP contribution is 2.41. The Balaban J connectivity index is 1.22. The number of halogens is 1. The maximum Gasteiger partial charge on any atom is 0.415 e. The van der Waals surface area contributed by atoms with Gasteiger partial charge in [-0.2, -0.15) is 0 Å². The van der Waals surface area contributed by atoms with Gasteiger partial charge >= 0.3 is 6.09 Å². The number of fused-ring (bicyclic) bond motifs is 1. The summed E-state index contributed by atoms with van der Waals surface area (Å²) in [5.41, 5.74) is 4.56. The lowest BCUT2D eigenvalue weighted by Gasteiger charge is -2.44. The van der Waals surface area contributed by atoms with E-state index in [1.807, 2.05) is 6.07 Å². The Morgan fingerprint density at radius 2 is 1.74 bits per heavy atom. The summed E-state index contributed by atoms with van der Waals surface area (Å²) in [6.45, 7) is 1.82. The SMILES string of the molecule is COCc1ccc(-c2ccc3c(c2)CCC2(CCN(C(=O)Oc4ccccc4Cl)CC2)O3)cc1. The van der Waals surface area contributed by atoms with Crippen molar-refractivity contribution in [1.29, 1.82) is 0 Å². The van der Waals surface area contributed by atoms with E-state index >= 15 is 0 Å². The van der Waals surface area contributed by atoms with E-state index < -0.39 is 0 Å². The number of carbonyl (C=O) groups is 1. The molecule has 34 heavy (non-hydrogen) atoms. The van der Waals surface area contributed by atoms with E-state index in [0.717, 1.165) is 37.0 Å². The van der Waals surface area contributed by atoms with Gasteiger partial charge in [0.1, 0.15) is 11.4 Å². The minimum Gasteiger partial charge on any atom is -0.487 e. The second-order valence-electron chi connectivity index (χ2n) is 9.02. The highest BCUT2D eigenvalue weighted by Gasteiger charge is 2.41. The van der Waals surface area contributed by atoms with Crippen molar-refractivity contribution in [3.63, 3.8) is 0 Å². The third kappa shape index (κ3) is 4.77. The first-order valence-electron chi connectivity index (χ1n) is 11.7. The zero-order valence-electron chi connectivity index (χ0n) is 19.3. The average molecular weight is 478 g/mol. The summed E-state index contributed by atoms with van der Waals surface area (Å²) in [4.78, 5) is 14.4. The predicted octanol–water partition coefficient (Wildman–Crippen LogP) is 6.51. The van der Waals surface area contributed by atoms with Crippen molar-refractivity contribution in [3.05, 3.63) is 82.9 Å². The van der Waals surface area contributed by atoms with Gasteiger partial charge in [0.15, 0.2) is 5.75 Å². The van der Waals surface area contributed by atoms with E-state index in [-0.39, 0.29) is 11.7 Å². The van der Waals surface area contributed by atoms with E-state index in [1.54, 1.807) is 30.2 Å². The molecule has 0 aliphatic carbocycles. The predicted molar refractivity (Wildman–Crippen MR) is 133 cm³/mol. The van der Waals surface area contributed by atoms with E-state index in [9.17, 15) is 4.79 Å². The molecule has 0 saturated carbocycles. The van der Waals surface area contributed by atoms with Gasteiger partial charge in [0, 0.05) is 33.0 Å². The van der Waals surface area contributed by atoms with Crippen LogP contribution in [0.3, 0.4) is 0 Å². The minimum atomic E-state index is -0.361. The van der Waals surface area contributed by atoms with Crippen molar-refractivity contribution in [2.24, 2.45) is 0 Å². The second-order valence-corrected chi connectivity index (χ2v) is 9.43. The molecule has 5 nitrogen and oxygen atoms in total. The van der Waals surface area contributed by atoms with Crippen LogP contribution in [-0.4, -0.2) is 36.8 Å². The molecule has 0 bridgehead atoms. The van der Waals surface area contributed by atoms with Crippen LogP contribution in [0.1, 0.15) is 30.4 Å². The number of para-hydroxylation sites is 1. The summed E-state index contributed by atoms with van der Waals surface area (Å²) >= 11 is 6.12. The number of hydrogen-bond acceptors (Lipinski definition) is 4. The van der Waals surface area contributed by atoms with Crippen LogP contribution >= 0.6 is 11.6 Å². The van der Waals surface area contributed by atoms with Gasteiger partial charge in [-0.1, -0.05) is 54.1 Å². The van der Waals surface area contributed by atoms with Crippen molar-refractivity contribution in [1.82, 2.24) is 4.90 Å². The molecule has 0 N–H and O–H groups in total. The van der Waals surface area contributed by atoms with Gasteiger partial charge in [0.25, 0.3) is 0 Å². The van der Waals surface area contributed by atoms with Crippen LogP contribution in [0.2, 0.25) is 5.02 Å². The summed E-state index contributed by atoms with van der Waals surface area (Å²) in [5.74, 6) is 1.35. The molecule has 0 aromatic heterocycles. The van der Waals surface area contributed by atoms with Crippen LogP contribution in [0.5, 0.6) is 11.5 Å². The number of piperidine rings is 1. The van der Waals surface area contributed by atoms with Crippen LogP contribution in [0.15, 0.2) is 66.7 Å². The van der Waals surface area contributed by atoms with Gasteiger partial charge in [-0.15, -0.1) is 0 Å². The van der Waals surface area contributed by atoms with Crippen molar-refractivity contribution in [3.8, 4) is 22.6 Å². The Labute approximate surface area is 205 Å². The Morgan fingerprint density at radius 3 is 2.47 bits per heavy atom. The van der Waals surface area contributed by atoms with E-state index in [2.05, 4.69) is 42.5 Å². The fourth-order valence-electron chi connectivity index (χ4n) is 4.80. The normalized spacial score (nSPS) is 16.6. The topological polar surface area (TPSA) is 48.0 Å². The van der Waals surface area contributed by atoms with E-state index in [0.29, 0.717) is 30.5 Å². The molecule has 1 fully saturated rings. The standard InChI is InChI=1S/C28H28ClNO4/c1-32-19-20-6-8-21(9-7-20)22-10-11-25-23(18-22)12-13-28(34-25)14-16-30(17-15-28)27(31)33-26-5-3-2-4-24(26)29/h2-11,18H,12-17,19H2,1H3. The Kier molecular flexibility index (Phi) is 6.48. The number of methoxy groups -OCH3 is 1. The van der Waals surface area contributed by atoms with Crippen molar-refractivity contribution < 1.29 is 19.0 Å². The summed E-state index contributed by atoms with van der Waals surface area (Å²) in [6.07, 6.45) is 3.12. The molecule has 0 radical (unpaired) electrons. The largest absolute Gasteiger partial charge is 0.487 e. The molecule has 176 valence electrons. The van der Waals surface area contributed by atoms with E-state index in [1.165, 1.54) is 16.7 Å². The fraction of sp³-hybridized carbons (Fsp3) is 0.321. The van der Waals surface area contributed by atoms with E-state index in [4.69, 9.17) is 25.8 Å². The molecule has 5 rings (SSSR count). The van der Waals surface area contributed by atoms with Crippen LogP contribution in [0, 0.1) is 0 Å². The average Bonchev–Trinajstić information content (AvgIpc) is 2.86. The second kappa shape index (κ2) is 9.69. The molecule has 0 unspecified atom stereocenters. The van der Waals surface area contributed by atoms with Crippen LogP contribution in [-0.2, 0) is 17.8 Å². The first kappa shape index (κ1) is 22.8. The number of rotatable bonds is 4. The Hall–Kier alpha value is -3.02. The monoisotopic (exact) mass is 477 g/mol. The molecule has 2 heterocycles. The Morgan fingerprint density at radius 1 is 1.00 bits per heavy atom. The number of likely N-dealkylation sites (tertiary alicyclic amines) is 1. The zero-order valence-corrected chi connectivity index (χ0v) is 20.0. The first-order chi connectivity index (χ1) is 16.5. The van der Waals surface area contributed by atoms with Crippen molar-refractivity contribution in [2.45, 2.75) is 37.9 Å². The fourth-order valence-corrected chi connectivity index (χ4v) is 4.97. The maximum atomic E-state index is 12.6. The number of benzene rings is 3. The maximum absolute atomic E-state index is 12.6. The third-order valence-electron chi connectivity index (χ3n) is 6.80. The van der Waals surface area contributed by atoms with Crippen LogP contribution < -0.4 is 9.47 Å². The summed E-state index contributed by atoms with van der Waals surface area (Å²) in [6, 6.07) is 22.0. The number of amides is 1. The molecule has 0 atom stereocenters.